The van der Waals surface area contributed by atoms with Crippen molar-refractivity contribution < 1.29 is 4.42 Å². The van der Waals surface area contributed by atoms with Gasteiger partial charge in [-0.1, -0.05) is 171 Å². The largest absolute Gasteiger partial charge is 0.456 e. The van der Waals surface area contributed by atoms with Gasteiger partial charge in [0.25, 0.3) is 0 Å². The molecule has 0 aliphatic rings. The average molecular weight is 1030 g/mol. The third-order valence-electron chi connectivity index (χ3n) is 15.5. The molecule has 0 N–H and O–H groups in total. The second-order valence-corrected chi connectivity index (χ2v) is 21.2. The average Bonchev–Trinajstić information content (AvgIpc) is 4.38. The molecule has 5 aromatic heterocycles. The van der Waals surface area contributed by atoms with Gasteiger partial charge in [-0.2, -0.15) is 0 Å². The van der Waals surface area contributed by atoms with Crippen molar-refractivity contribution in [3.05, 3.63) is 261 Å². The summed E-state index contributed by atoms with van der Waals surface area (Å²) in [7, 11) is 0. The number of rotatable bonds is 6. The molecular weight excluding hydrogens is 979 g/mol. The van der Waals surface area contributed by atoms with Crippen LogP contribution in [0.5, 0.6) is 0 Å². The van der Waals surface area contributed by atoms with Crippen LogP contribution in [-0.2, 0) is 0 Å². The number of aromatic nitrogens is 3. The first-order valence-electron chi connectivity index (χ1n) is 27.3. The van der Waals surface area contributed by atoms with Crippen LogP contribution in [0, 0.1) is 0 Å². The first-order valence-corrected chi connectivity index (χ1v) is 28.1. The second-order valence-electron chi connectivity index (χ2n) is 20.2. The number of benzene rings is 11. The molecule has 0 saturated heterocycles. The van der Waals surface area contributed by atoms with E-state index in [0.717, 1.165) is 39.7 Å². The van der Waals surface area contributed by atoms with Gasteiger partial charge in [0.1, 0.15) is 11.2 Å². The third kappa shape index (κ3) is 7.80. The summed E-state index contributed by atoms with van der Waals surface area (Å²) >= 11 is 1.91. The molecule has 0 unspecified atom stereocenters. The summed E-state index contributed by atoms with van der Waals surface area (Å²) in [6.07, 6.45) is 7.09. The van der Waals surface area contributed by atoms with E-state index in [4.69, 9.17) is 4.42 Å². The number of allylic oxidation sites excluding steroid dienone is 3. The Morgan fingerprint density at radius 1 is 0.380 bits per heavy atom. The minimum Gasteiger partial charge on any atom is -0.456 e. The first-order chi connectivity index (χ1) is 39.0. The molecule has 378 valence electrons. The maximum absolute atomic E-state index is 6.25. The Kier molecular flexibility index (Phi) is 11.9. The van der Waals surface area contributed by atoms with Gasteiger partial charge in [-0.25, -0.2) is 0 Å². The number of nitrogens with zero attached hydrogens (tertiary/aromatic N) is 3. The molecule has 0 atom stereocenters. The number of furan rings is 1. The van der Waals surface area contributed by atoms with Crippen molar-refractivity contribution in [2.45, 2.75) is 27.2 Å². The van der Waals surface area contributed by atoms with E-state index in [-0.39, 0.29) is 0 Å². The fraction of sp³-hybridized carbons (Fsp3) is 0.0541. The van der Waals surface area contributed by atoms with Crippen LogP contribution in [0.4, 0.5) is 0 Å². The lowest BCUT2D eigenvalue weighted by molar-refractivity contribution is 0.669. The van der Waals surface area contributed by atoms with Gasteiger partial charge in [-0.05, 0) is 134 Å². The molecule has 0 saturated carbocycles. The molecule has 16 rings (SSSR count). The normalized spacial score (nSPS) is 11.8. The van der Waals surface area contributed by atoms with Gasteiger partial charge in [0, 0.05) is 69.9 Å². The van der Waals surface area contributed by atoms with Gasteiger partial charge in [0.05, 0.1) is 43.5 Å². The Hall–Kier alpha value is -9.68. The van der Waals surface area contributed by atoms with Crippen LogP contribution in [0.25, 0.3) is 147 Å². The predicted molar refractivity (Wildman–Crippen MR) is 341 cm³/mol. The van der Waals surface area contributed by atoms with Crippen LogP contribution in [-0.4, -0.2) is 13.7 Å². The van der Waals surface area contributed by atoms with Crippen LogP contribution in [0.1, 0.15) is 27.2 Å². The minimum absolute atomic E-state index is 0.899. The zero-order valence-corrected chi connectivity index (χ0v) is 45.1. The molecule has 16 aromatic rings. The van der Waals surface area contributed by atoms with E-state index in [0.29, 0.717) is 0 Å². The lowest BCUT2D eigenvalue weighted by Crippen LogP contribution is -1.96. The van der Waals surface area contributed by atoms with E-state index in [2.05, 4.69) is 264 Å². The summed E-state index contributed by atoms with van der Waals surface area (Å²) < 4.78 is 16.1. The minimum atomic E-state index is 0.899. The highest BCUT2D eigenvalue weighted by molar-refractivity contribution is 7.26. The molecule has 0 aliphatic carbocycles. The number of fused-ring (bicyclic) bond motifs is 15. The van der Waals surface area contributed by atoms with Crippen molar-refractivity contribution >= 4 is 119 Å². The zero-order chi connectivity index (χ0) is 53.1. The molecule has 0 spiro atoms. The molecule has 0 amide bonds. The maximum atomic E-state index is 6.25. The standard InChI is InChI=1S/C66H39N3OS.C5H10.C3H6/c1-7-25-56-46(17-1)47-18-2-8-26-57(47)67(56)43-16-13-15-40(35-43)42-37-55-52-24-14-23-45(65(52)71-66(55)62(38-42)69-59-28-10-3-19-48(59)49-20-4-11-29-60(49)69)41-31-33-61-53(36-41)50-21-5-9-27-58(50)68(61)44-32-34-64-54(39-44)51-22-6-12-30-63(51)70-64;1-3-5-4-2;1-3-2/h1-39H;3,5H,4H2,1-2H3;3H,1H2,2H3/b;5-3-;. The molecular formula is C74H55N3OS. The van der Waals surface area contributed by atoms with Crippen LogP contribution >= 0.6 is 11.3 Å². The van der Waals surface area contributed by atoms with Crippen LogP contribution in [0.2, 0.25) is 0 Å². The molecule has 0 aliphatic heterocycles. The van der Waals surface area contributed by atoms with E-state index in [1.54, 1.807) is 6.08 Å². The molecule has 5 heterocycles. The molecule has 0 radical (unpaired) electrons. The number of thiophene rings is 1. The highest BCUT2D eigenvalue weighted by Crippen LogP contribution is 2.47. The summed E-state index contributed by atoms with van der Waals surface area (Å²) in [4.78, 5) is 0. The van der Waals surface area contributed by atoms with E-state index >= 15 is 0 Å². The third-order valence-corrected chi connectivity index (χ3v) is 16.8. The van der Waals surface area contributed by atoms with Crippen molar-refractivity contribution in [2.75, 3.05) is 0 Å². The van der Waals surface area contributed by atoms with Crippen molar-refractivity contribution in [1.82, 2.24) is 13.7 Å². The summed E-state index contributed by atoms with van der Waals surface area (Å²) in [5.41, 5.74) is 17.2. The lowest BCUT2D eigenvalue weighted by Gasteiger charge is -2.14. The number of hydrogen-bond donors (Lipinski definition) is 0. The Morgan fingerprint density at radius 2 is 0.873 bits per heavy atom. The van der Waals surface area contributed by atoms with Gasteiger partial charge in [-0.3, -0.25) is 0 Å². The highest BCUT2D eigenvalue weighted by Gasteiger charge is 2.22. The summed E-state index contributed by atoms with van der Waals surface area (Å²) in [6.45, 7) is 9.41. The van der Waals surface area contributed by atoms with Gasteiger partial charge in [0.2, 0.25) is 0 Å². The predicted octanol–water partition coefficient (Wildman–Crippen LogP) is 21.7. The van der Waals surface area contributed by atoms with E-state index < -0.39 is 0 Å². The Bertz CT molecular complexity index is 4960. The van der Waals surface area contributed by atoms with Crippen LogP contribution < -0.4 is 0 Å². The van der Waals surface area contributed by atoms with E-state index in [1.807, 2.05) is 37.3 Å². The van der Waals surface area contributed by atoms with Crippen molar-refractivity contribution in [3.63, 3.8) is 0 Å². The lowest BCUT2D eigenvalue weighted by atomic mass is 9.98. The summed E-state index contributed by atoms with van der Waals surface area (Å²) in [6, 6.07) is 86.9. The van der Waals surface area contributed by atoms with Crippen molar-refractivity contribution in [3.8, 4) is 39.3 Å². The van der Waals surface area contributed by atoms with Crippen molar-refractivity contribution in [1.29, 1.82) is 0 Å². The maximum Gasteiger partial charge on any atom is 0.135 e. The van der Waals surface area contributed by atoms with E-state index in [1.165, 1.54) is 114 Å². The molecule has 11 aromatic carbocycles. The molecule has 4 nitrogen and oxygen atoms in total. The van der Waals surface area contributed by atoms with Gasteiger partial charge in [-0.15, -0.1) is 17.9 Å². The number of hydrogen-bond acceptors (Lipinski definition) is 2. The fourth-order valence-electron chi connectivity index (χ4n) is 12.2. The number of para-hydroxylation sites is 6. The second kappa shape index (κ2) is 19.7. The monoisotopic (exact) mass is 1030 g/mol. The van der Waals surface area contributed by atoms with E-state index in [9.17, 15) is 0 Å². The van der Waals surface area contributed by atoms with Crippen molar-refractivity contribution in [2.24, 2.45) is 0 Å². The quantitative estimate of drug-likeness (QED) is 0.153. The molecule has 5 heteroatoms. The zero-order valence-electron chi connectivity index (χ0n) is 44.3. The highest BCUT2D eigenvalue weighted by atomic mass is 32.1. The van der Waals surface area contributed by atoms with Crippen LogP contribution in [0.15, 0.2) is 266 Å². The molecule has 0 fully saturated rings. The topological polar surface area (TPSA) is 27.9 Å². The van der Waals surface area contributed by atoms with Crippen LogP contribution in [0.3, 0.4) is 0 Å². The summed E-state index contributed by atoms with van der Waals surface area (Å²) in [5, 5.41) is 12.2. The Morgan fingerprint density at radius 3 is 1.47 bits per heavy atom. The van der Waals surface area contributed by atoms with Gasteiger partial charge < -0.3 is 18.1 Å². The Labute approximate surface area is 462 Å². The first kappa shape index (κ1) is 47.7. The van der Waals surface area contributed by atoms with Gasteiger partial charge >= 0.3 is 0 Å². The molecule has 79 heavy (non-hydrogen) atoms. The summed E-state index contributed by atoms with van der Waals surface area (Å²) in [5.74, 6) is 0. The fourth-order valence-corrected chi connectivity index (χ4v) is 13.5. The SMILES string of the molecule is C/C=C\CC.C=CC.c1cc(-c2cc(-n3c4ccccc4c4ccccc43)c3sc4c(-c5ccc6c(c5)c5ccccc5n6-c5ccc6oc7ccccc7c6c5)cccc4c3c2)cc(-n2c3ccccc3c3ccccc32)c1. The Balaban J connectivity index is 0.000000664. The smallest absolute Gasteiger partial charge is 0.135 e. The van der Waals surface area contributed by atoms with Gasteiger partial charge in [0.15, 0.2) is 0 Å². The molecule has 0 bridgehead atoms.